The summed E-state index contributed by atoms with van der Waals surface area (Å²) in [7, 11) is 0. The van der Waals surface area contributed by atoms with Gasteiger partial charge in [-0.3, -0.25) is 4.79 Å². The van der Waals surface area contributed by atoms with Gasteiger partial charge in [0.1, 0.15) is 0 Å². The number of H-pyrrole nitrogens is 1. The van der Waals surface area contributed by atoms with E-state index in [2.05, 4.69) is 10.3 Å². The maximum atomic E-state index is 11.3. The van der Waals surface area contributed by atoms with Gasteiger partial charge < -0.3 is 10.3 Å². The van der Waals surface area contributed by atoms with Crippen LogP contribution in [0.5, 0.6) is 0 Å². The SMILES string of the molecule is O=c1ccc2c([nH]1)CCCC2NC1CCSC1. The molecule has 0 amide bonds. The third kappa shape index (κ3) is 2.43. The highest BCUT2D eigenvalue weighted by Gasteiger charge is 2.24. The number of fused-ring (bicyclic) bond motifs is 1. The molecule has 0 saturated carbocycles. The van der Waals surface area contributed by atoms with Crippen molar-refractivity contribution in [2.75, 3.05) is 11.5 Å². The van der Waals surface area contributed by atoms with E-state index < -0.39 is 0 Å². The third-order valence-corrected chi connectivity index (χ3v) is 4.86. The van der Waals surface area contributed by atoms with Crippen LogP contribution in [-0.4, -0.2) is 22.5 Å². The number of rotatable bonds is 2. The minimum atomic E-state index is 0.0285. The van der Waals surface area contributed by atoms with Gasteiger partial charge >= 0.3 is 0 Å². The zero-order valence-electron chi connectivity index (χ0n) is 9.87. The molecule has 2 heterocycles. The molecule has 92 valence electrons. The van der Waals surface area contributed by atoms with Gasteiger partial charge in [0.25, 0.3) is 0 Å². The first kappa shape index (κ1) is 11.4. The van der Waals surface area contributed by atoms with Gasteiger partial charge in [-0.1, -0.05) is 6.07 Å². The van der Waals surface area contributed by atoms with E-state index in [1.165, 1.54) is 36.3 Å². The lowest BCUT2D eigenvalue weighted by Gasteiger charge is -2.28. The van der Waals surface area contributed by atoms with Crippen LogP contribution >= 0.6 is 11.8 Å². The number of aromatic amines is 1. The van der Waals surface area contributed by atoms with Gasteiger partial charge in [0.15, 0.2) is 0 Å². The summed E-state index contributed by atoms with van der Waals surface area (Å²) in [5, 5.41) is 3.75. The topological polar surface area (TPSA) is 44.9 Å². The van der Waals surface area contributed by atoms with Crippen LogP contribution in [0.15, 0.2) is 16.9 Å². The van der Waals surface area contributed by atoms with Crippen molar-refractivity contribution in [1.29, 1.82) is 0 Å². The molecule has 3 rings (SSSR count). The average molecular weight is 250 g/mol. The molecule has 0 radical (unpaired) electrons. The van der Waals surface area contributed by atoms with Gasteiger partial charge in [-0.25, -0.2) is 0 Å². The molecule has 1 aromatic rings. The van der Waals surface area contributed by atoms with Crippen molar-refractivity contribution in [2.24, 2.45) is 0 Å². The van der Waals surface area contributed by atoms with Crippen molar-refractivity contribution in [3.05, 3.63) is 33.7 Å². The molecule has 1 saturated heterocycles. The van der Waals surface area contributed by atoms with Gasteiger partial charge in [-0.15, -0.1) is 0 Å². The maximum absolute atomic E-state index is 11.3. The number of pyridine rings is 1. The standard InChI is InChI=1S/C13H18N2OS/c16-13-5-4-10-11(2-1-3-12(10)15-13)14-9-6-7-17-8-9/h4-5,9,11,14H,1-3,6-8H2,(H,15,16). The van der Waals surface area contributed by atoms with E-state index >= 15 is 0 Å². The Bertz CT molecular complexity index is 451. The molecule has 3 nitrogen and oxygen atoms in total. The second kappa shape index (κ2) is 4.86. The Hall–Kier alpha value is -0.740. The smallest absolute Gasteiger partial charge is 0.248 e. The van der Waals surface area contributed by atoms with Crippen LogP contribution in [0.1, 0.15) is 36.6 Å². The van der Waals surface area contributed by atoms with E-state index in [-0.39, 0.29) is 5.56 Å². The molecule has 1 fully saturated rings. The van der Waals surface area contributed by atoms with Crippen LogP contribution in [0.3, 0.4) is 0 Å². The summed E-state index contributed by atoms with van der Waals surface area (Å²) in [6.45, 7) is 0. The highest BCUT2D eigenvalue weighted by atomic mass is 32.2. The Morgan fingerprint density at radius 2 is 2.29 bits per heavy atom. The first-order valence-electron chi connectivity index (χ1n) is 6.39. The van der Waals surface area contributed by atoms with E-state index in [1.54, 1.807) is 6.07 Å². The van der Waals surface area contributed by atoms with Crippen molar-refractivity contribution < 1.29 is 0 Å². The monoisotopic (exact) mass is 250 g/mol. The van der Waals surface area contributed by atoms with Crippen LogP contribution in [0.25, 0.3) is 0 Å². The van der Waals surface area contributed by atoms with E-state index in [4.69, 9.17) is 0 Å². The number of hydrogen-bond donors (Lipinski definition) is 2. The molecule has 1 aromatic heterocycles. The fourth-order valence-corrected chi connectivity index (χ4v) is 3.99. The van der Waals surface area contributed by atoms with Crippen molar-refractivity contribution in [3.63, 3.8) is 0 Å². The summed E-state index contributed by atoms with van der Waals surface area (Å²) in [4.78, 5) is 14.3. The second-order valence-electron chi connectivity index (χ2n) is 4.93. The fraction of sp³-hybridized carbons (Fsp3) is 0.615. The zero-order chi connectivity index (χ0) is 11.7. The van der Waals surface area contributed by atoms with Gasteiger partial charge in [-0.05, 0) is 37.0 Å². The molecule has 4 heteroatoms. The molecule has 0 aromatic carbocycles. The molecule has 2 atom stereocenters. The Morgan fingerprint density at radius 3 is 3.12 bits per heavy atom. The van der Waals surface area contributed by atoms with Crippen molar-refractivity contribution in [2.45, 2.75) is 37.8 Å². The lowest BCUT2D eigenvalue weighted by Crippen LogP contribution is -2.35. The van der Waals surface area contributed by atoms with Crippen molar-refractivity contribution >= 4 is 11.8 Å². The summed E-state index contributed by atoms with van der Waals surface area (Å²) in [5.74, 6) is 2.51. The number of aromatic nitrogens is 1. The number of hydrogen-bond acceptors (Lipinski definition) is 3. The molecule has 17 heavy (non-hydrogen) atoms. The van der Waals surface area contributed by atoms with Crippen LogP contribution in [0.2, 0.25) is 0 Å². The zero-order valence-corrected chi connectivity index (χ0v) is 10.7. The molecule has 1 aliphatic carbocycles. The van der Waals surface area contributed by atoms with Crippen LogP contribution in [0, 0.1) is 0 Å². The third-order valence-electron chi connectivity index (χ3n) is 3.70. The first-order chi connectivity index (χ1) is 8.33. The van der Waals surface area contributed by atoms with E-state index in [0.29, 0.717) is 12.1 Å². The average Bonchev–Trinajstić information content (AvgIpc) is 2.82. The maximum Gasteiger partial charge on any atom is 0.248 e. The van der Waals surface area contributed by atoms with Gasteiger partial charge in [-0.2, -0.15) is 11.8 Å². The Labute approximate surface area is 105 Å². The Morgan fingerprint density at radius 1 is 1.35 bits per heavy atom. The van der Waals surface area contributed by atoms with Gasteiger partial charge in [0, 0.05) is 29.6 Å². The molecular formula is C13H18N2OS. The number of thioether (sulfide) groups is 1. The lowest BCUT2D eigenvalue weighted by molar-refractivity contribution is 0.409. The molecule has 2 aliphatic rings. The van der Waals surface area contributed by atoms with E-state index in [1.807, 2.05) is 17.8 Å². The quantitative estimate of drug-likeness (QED) is 0.842. The minimum absolute atomic E-state index is 0.0285. The molecular weight excluding hydrogens is 232 g/mol. The second-order valence-corrected chi connectivity index (χ2v) is 6.08. The minimum Gasteiger partial charge on any atom is -0.326 e. The summed E-state index contributed by atoms with van der Waals surface area (Å²) in [6.07, 6.45) is 4.66. The summed E-state index contributed by atoms with van der Waals surface area (Å²) in [5.41, 5.74) is 2.49. The lowest BCUT2D eigenvalue weighted by atomic mass is 9.90. The molecule has 0 spiro atoms. The molecule has 2 unspecified atom stereocenters. The van der Waals surface area contributed by atoms with Crippen molar-refractivity contribution in [3.8, 4) is 0 Å². The highest BCUT2D eigenvalue weighted by Crippen LogP contribution is 2.29. The predicted octanol–water partition coefficient (Wildman–Crippen LogP) is 1.85. The Kier molecular flexibility index (Phi) is 3.25. The molecule has 1 aliphatic heterocycles. The summed E-state index contributed by atoms with van der Waals surface area (Å²) < 4.78 is 0. The number of aryl methyl sites for hydroxylation is 1. The molecule has 2 N–H and O–H groups in total. The number of nitrogens with one attached hydrogen (secondary N) is 2. The van der Waals surface area contributed by atoms with Gasteiger partial charge in [0.05, 0.1) is 0 Å². The summed E-state index contributed by atoms with van der Waals surface area (Å²) >= 11 is 2.03. The largest absolute Gasteiger partial charge is 0.326 e. The fourth-order valence-electron chi connectivity index (χ4n) is 2.82. The first-order valence-corrected chi connectivity index (χ1v) is 7.54. The van der Waals surface area contributed by atoms with Crippen LogP contribution in [-0.2, 0) is 6.42 Å². The van der Waals surface area contributed by atoms with Gasteiger partial charge in [0.2, 0.25) is 5.56 Å². The van der Waals surface area contributed by atoms with E-state index in [9.17, 15) is 4.79 Å². The van der Waals surface area contributed by atoms with E-state index in [0.717, 1.165) is 12.1 Å². The molecule has 0 bridgehead atoms. The normalized spacial score (nSPS) is 28.0. The highest BCUT2D eigenvalue weighted by molar-refractivity contribution is 7.99. The van der Waals surface area contributed by atoms with Crippen LogP contribution in [0.4, 0.5) is 0 Å². The van der Waals surface area contributed by atoms with Crippen LogP contribution < -0.4 is 10.9 Å². The summed E-state index contributed by atoms with van der Waals surface area (Å²) in [6, 6.07) is 4.76. The van der Waals surface area contributed by atoms with Crippen molar-refractivity contribution in [1.82, 2.24) is 10.3 Å². The predicted molar refractivity (Wildman–Crippen MR) is 71.6 cm³/mol. The Balaban J connectivity index is 1.81.